The lowest BCUT2D eigenvalue weighted by Crippen LogP contribution is -2.16. The van der Waals surface area contributed by atoms with Crippen molar-refractivity contribution < 1.29 is 4.79 Å². The minimum atomic E-state index is -0.00787. The average Bonchev–Trinajstić information content (AvgIpc) is 2.95. The van der Waals surface area contributed by atoms with Crippen LogP contribution in [0.4, 0.5) is 5.69 Å². The standard InChI is InChI=1S/C18H15NO/c20-18-16-8-2-1-6-14(16)12-9-5-10-13(12)15-7-3-4-11-17(15)19-18/h1-4,6-8,11H,5,9-10H2,(H,19,20). The number of hydrogen-bond donors (Lipinski definition) is 1. The molecule has 98 valence electrons. The fourth-order valence-electron chi connectivity index (χ4n) is 3.33. The molecule has 2 heteroatoms. The largest absolute Gasteiger partial charge is 0.321 e. The molecule has 2 aromatic carbocycles. The summed E-state index contributed by atoms with van der Waals surface area (Å²) in [5, 5.41) is 3.06. The topological polar surface area (TPSA) is 29.1 Å². The van der Waals surface area contributed by atoms with Gasteiger partial charge in [0.05, 0.1) is 0 Å². The Hall–Kier alpha value is -2.35. The third-order valence-corrected chi connectivity index (χ3v) is 4.22. The SMILES string of the molecule is O=C1Nc2ccccc2C2=C(CCC2)c2ccccc21. The van der Waals surface area contributed by atoms with E-state index in [2.05, 4.69) is 17.4 Å². The zero-order chi connectivity index (χ0) is 13.5. The Kier molecular flexibility index (Phi) is 2.49. The van der Waals surface area contributed by atoms with Crippen LogP contribution in [0.1, 0.15) is 40.7 Å². The lowest BCUT2D eigenvalue weighted by Gasteiger charge is -2.19. The van der Waals surface area contributed by atoms with Crippen LogP contribution in [0, 0.1) is 0 Å². The maximum absolute atomic E-state index is 12.5. The van der Waals surface area contributed by atoms with Gasteiger partial charge in [-0.15, -0.1) is 0 Å². The normalized spacial score (nSPS) is 16.7. The second kappa shape index (κ2) is 4.34. The van der Waals surface area contributed by atoms with Gasteiger partial charge in [0.15, 0.2) is 0 Å². The minimum absolute atomic E-state index is 0.00787. The lowest BCUT2D eigenvalue weighted by atomic mass is 9.91. The molecule has 1 heterocycles. The van der Waals surface area contributed by atoms with Gasteiger partial charge in [-0.3, -0.25) is 4.79 Å². The summed E-state index contributed by atoms with van der Waals surface area (Å²) in [5.74, 6) is -0.00787. The van der Waals surface area contributed by atoms with Gasteiger partial charge in [0.25, 0.3) is 5.91 Å². The molecule has 1 aliphatic carbocycles. The van der Waals surface area contributed by atoms with Crippen molar-refractivity contribution in [2.45, 2.75) is 19.3 Å². The summed E-state index contributed by atoms with van der Waals surface area (Å²) in [6.07, 6.45) is 3.33. The number of anilines is 1. The van der Waals surface area contributed by atoms with Crippen LogP contribution in [-0.2, 0) is 0 Å². The number of allylic oxidation sites excluding steroid dienone is 2. The predicted molar refractivity (Wildman–Crippen MR) is 81.5 cm³/mol. The first kappa shape index (κ1) is 11.5. The number of carbonyl (C=O) groups is 1. The van der Waals surface area contributed by atoms with Gasteiger partial charge in [-0.25, -0.2) is 0 Å². The van der Waals surface area contributed by atoms with E-state index in [4.69, 9.17) is 0 Å². The van der Waals surface area contributed by atoms with Gasteiger partial charge in [0, 0.05) is 16.8 Å². The Bertz CT molecular complexity index is 743. The summed E-state index contributed by atoms with van der Waals surface area (Å²) in [5.41, 5.74) is 6.75. The number of benzene rings is 2. The number of carbonyl (C=O) groups excluding carboxylic acids is 1. The molecule has 0 bridgehead atoms. The molecule has 0 saturated carbocycles. The van der Waals surface area contributed by atoms with Gasteiger partial charge in [-0.1, -0.05) is 36.4 Å². The van der Waals surface area contributed by atoms with E-state index < -0.39 is 0 Å². The van der Waals surface area contributed by atoms with Crippen molar-refractivity contribution in [3.63, 3.8) is 0 Å². The van der Waals surface area contributed by atoms with Gasteiger partial charge in [0.2, 0.25) is 0 Å². The number of fused-ring (bicyclic) bond motifs is 4. The quantitative estimate of drug-likeness (QED) is 0.750. The molecule has 4 rings (SSSR count). The highest BCUT2D eigenvalue weighted by Gasteiger charge is 2.25. The molecule has 0 fully saturated rings. The van der Waals surface area contributed by atoms with Crippen LogP contribution in [-0.4, -0.2) is 5.91 Å². The molecular weight excluding hydrogens is 246 g/mol. The van der Waals surface area contributed by atoms with Crippen molar-refractivity contribution >= 4 is 22.7 Å². The molecule has 0 saturated heterocycles. The van der Waals surface area contributed by atoms with Gasteiger partial charge in [-0.05, 0) is 48.1 Å². The Labute approximate surface area is 118 Å². The van der Waals surface area contributed by atoms with Crippen LogP contribution in [0.5, 0.6) is 0 Å². The van der Waals surface area contributed by atoms with Gasteiger partial charge >= 0.3 is 0 Å². The lowest BCUT2D eigenvalue weighted by molar-refractivity contribution is 0.102. The van der Waals surface area contributed by atoms with E-state index in [-0.39, 0.29) is 5.91 Å². The molecule has 1 amide bonds. The van der Waals surface area contributed by atoms with Gasteiger partial charge in [0.1, 0.15) is 0 Å². The van der Waals surface area contributed by atoms with Crippen LogP contribution >= 0.6 is 0 Å². The second-order valence-corrected chi connectivity index (χ2v) is 5.36. The highest BCUT2D eigenvalue weighted by Crippen LogP contribution is 2.44. The monoisotopic (exact) mass is 261 g/mol. The Morgan fingerprint density at radius 3 is 2.15 bits per heavy atom. The highest BCUT2D eigenvalue weighted by atomic mass is 16.1. The third kappa shape index (κ3) is 1.61. The van der Waals surface area contributed by atoms with Crippen LogP contribution < -0.4 is 5.32 Å². The van der Waals surface area contributed by atoms with Crippen molar-refractivity contribution in [3.05, 3.63) is 65.2 Å². The smallest absolute Gasteiger partial charge is 0.256 e. The predicted octanol–water partition coefficient (Wildman–Crippen LogP) is 4.35. The summed E-state index contributed by atoms with van der Waals surface area (Å²) in [6, 6.07) is 16.1. The zero-order valence-electron chi connectivity index (χ0n) is 11.1. The molecular formula is C18H15NO. The van der Waals surface area contributed by atoms with E-state index in [1.807, 2.05) is 36.4 Å². The molecule has 0 radical (unpaired) electrons. The first-order chi connectivity index (χ1) is 9.84. The van der Waals surface area contributed by atoms with Crippen molar-refractivity contribution in [3.8, 4) is 0 Å². The molecule has 0 atom stereocenters. The van der Waals surface area contributed by atoms with Crippen LogP contribution in [0.25, 0.3) is 11.1 Å². The Balaban J connectivity index is 2.06. The maximum atomic E-state index is 12.5. The first-order valence-corrected chi connectivity index (χ1v) is 7.07. The van der Waals surface area contributed by atoms with E-state index in [0.29, 0.717) is 0 Å². The number of amides is 1. The van der Waals surface area contributed by atoms with Crippen molar-refractivity contribution in [1.29, 1.82) is 0 Å². The molecule has 1 aliphatic heterocycles. The fraction of sp³-hybridized carbons (Fsp3) is 0.167. The van der Waals surface area contributed by atoms with Gasteiger partial charge in [-0.2, -0.15) is 0 Å². The summed E-state index contributed by atoms with van der Waals surface area (Å²) >= 11 is 0. The zero-order valence-corrected chi connectivity index (χ0v) is 11.1. The molecule has 1 N–H and O–H groups in total. The van der Waals surface area contributed by atoms with Crippen LogP contribution in [0.15, 0.2) is 48.5 Å². The van der Waals surface area contributed by atoms with Crippen molar-refractivity contribution in [2.24, 2.45) is 0 Å². The molecule has 2 aliphatic rings. The van der Waals surface area contributed by atoms with E-state index in [1.165, 1.54) is 23.1 Å². The van der Waals surface area contributed by atoms with Crippen LogP contribution in [0.3, 0.4) is 0 Å². The molecule has 0 spiro atoms. The van der Waals surface area contributed by atoms with Crippen molar-refractivity contribution in [1.82, 2.24) is 0 Å². The molecule has 20 heavy (non-hydrogen) atoms. The Morgan fingerprint density at radius 2 is 1.35 bits per heavy atom. The average molecular weight is 261 g/mol. The maximum Gasteiger partial charge on any atom is 0.256 e. The minimum Gasteiger partial charge on any atom is -0.321 e. The third-order valence-electron chi connectivity index (χ3n) is 4.22. The Morgan fingerprint density at radius 1 is 0.750 bits per heavy atom. The van der Waals surface area contributed by atoms with Crippen molar-refractivity contribution in [2.75, 3.05) is 5.32 Å². The fourth-order valence-corrected chi connectivity index (χ4v) is 3.33. The van der Waals surface area contributed by atoms with E-state index in [1.54, 1.807) is 0 Å². The summed E-state index contributed by atoms with van der Waals surface area (Å²) < 4.78 is 0. The summed E-state index contributed by atoms with van der Waals surface area (Å²) in [7, 11) is 0. The van der Waals surface area contributed by atoms with Gasteiger partial charge < -0.3 is 5.32 Å². The molecule has 0 aromatic heterocycles. The van der Waals surface area contributed by atoms with E-state index in [0.717, 1.165) is 29.7 Å². The molecule has 2 nitrogen and oxygen atoms in total. The first-order valence-electron chi connectivity index (χ1n) is 7.07. The molecule has 0 unspecified atom stereocenters. The number of rotatable bonds is 0. The summed E-state index contributed by atoms with van der Waals surface area (Å²) in [6.45, 7) is 0. The molecule has 2 aromatic rings. The summed E-state index contributed by atoms with van der Waals surface area (Å²) in [4.78, 5) is 12.5. The number of hydrogen-bond acceptors (Lipinski definition) is 1. The number of nitrogens with one attached hydrogen (secondary N) is 1. The van der Waals surface area contributed by atoms with Crippen LogP contribution in [0.2, 0.25) is 0 Å². The highest BCUT2D eigenvalue weighted by molar-refractivity contribution is 6.13. The second-order valence-electron chi connectivity index (χ2n) is 5.36. The van der Waals surface area contributed by atoms with E-state index >= 15 is 0 Å². The van der Waals surface area contributed by atoms with E-state index in [9.17, 15) is 4.79 Å². The number of para-hydroxylation sites is 1.